The number of thiazole rings is 1. The van der Waals surface area contributed by atoms with Gasteiger partial charge in [0.25, 0.3) is 5.91 Å². The molecule has 0 aromatic carbocycles. The van der Waals surface area contributed by atoms with Crippen LogP contribution in [0.15, 0.2) is 11.7 Å². The van der Waals surface area contributed by atoms with E-state index in [0.717, 1.165) is 0 Å². The molecule has 1 rings (SSSR count). The topological polar surface area (TPSA) is 42.0 Å². The molecule has 4 heteroatoms. The Bertz CT molecular complexity index is 299. The van der Waals surface area contributed by atoms with E-state index in [1.54, 1.807) is 12.4 Å². The van der Waals surface area contributed by atoms with Crippen LogP contribution in [0.4, 0.5) is 0 Å². The summed E-state index contributed by atoms with van der Waals surface area (Å²) in [5.41, 5.74) is 1.61. The van der Waals surface area contributed by atoms with Crippen molar-refractivity contribution in [3.8, 4) is 12.3 Å². The van der Waals surface area contributed by atoms with Crippen molar-refractivity contribution in [3.63, 3.8) is 0 Å². The van der Waals surface area contributed by atoms with Crippen LogP contribution in [0.25, 0.3) is 0 Å². The molecular formula is C8H8N2OS. The molecule has 0 radical (unpaired) electrons. The van der Waals surface area contributed by atoms with E-state index in [1.807, 2.05) is 0 Å². The van der Waals surface area contributed by atoms with Gasteiger partial charge in [-0.1, -0.05) is 5.92 Å². The number of amides is 1. The maximum atomic E-state index is 11.2. The van der Waals surface area contributed by atoms with Crippen molar-refractivity contribution >= 4 is 17.2 Å². The van der Waals surface area contributed by atoms with Crippen LogP contribution in [0.1, 0.15) is 16.6 Å². The number of carbonyl (C=O) groups excluding carboxylic acids is 1. The van der Waals surface area contributed by atoms with Gasteiger partial charge in [0.15, 0.2) is 0 Å². The Morgan fingerprint density at radius 2 is 2.67 bits per heavy atom. The first kappa shape index (κ1) is 8.75. The van der Waals surface area contributed by atoms with Crippen molar-refractivity contribution < 1.29 is 4.79 Å². The number of hydrogen-bond donors (Lipinski definition) is 1. The second-order valence-corrected chi connectivity index (χ2v) is 3.11. The molecule has 0 saturated heterocycles. The van der Waals surface area contributed by atoms with Gasteiger partial charge >= 0.3 is 0 Å². The number of aromatic nitrogens is 1. The highest BCUT2D eigenvalue weighted by molar-refractivity contribution is 7.11. The molecule has 3 nitrogen and oxygen atoms in total. The Kier molecular flexibility index (Phi) is 2.83. The quantitative estimate of drug-likeness (QED) is 0.687. The maximum Gasteiger partial charge on any atom is 0.263 e. The molecule has 1 heterocycles. The molecule has 1 N–H and O–H groups in total. The van der Waals surface area contributed by atoms with E-state index in [4.69, 9.17) is 6.42 Å². The van der Waals surface area contributed by atoms with Crippen LogP contribution < -0.4 is 5.32 Å². The first-order valence-corrected chi connectivity index (χ1v) is 4.27. The number of rotatable bonds is 2. The Hall–Kier alpha value is -1.34. The first-order valence-electron chi connectivity index (χ1n) is 3.39. The van der Waals surface area contributed by atoms with Crippen LogP contribution in [0, 0.1) is 12.3 Å². The third-order valence-corrected chi connectivity index (χ3v) is 2.03. The Balaban J connectivity index is 2.57. The second-order valence-electron chi connectivity index (χ2n) is 2.23. The van der Waals surface area contributed by atoms with E-state index >= 15 is 0 Å². The lowest BCUT2D eigenvalue weighted by Crippen LogP contribution is -2.30. The van der Waals surface area contributed by atoms with Gasteiger partial charge in [0.05, 0.1) is 17.7 Å². The fourth-order valence-electron chi connectivity index (χ4n) is 0.637. The first-order chi connectivity index (χ1) is 5.74. The van der Waals surface area contributed by atoms with Crippen molar-refractivity contribution in [2.45, 2.75) is 13.0 Å². The largest absolute Gasteiger partial charge is 0.338 e. The zero-order valence-corrected chi connectivity index (χ0v) is 7.39. The molecule has 1 aromatic heterocycles. The molecule has 1 aromatic rings. The summed E-state index contributed by atoms with van der Waals surface area (Å²) in [4.78, 5) is 15.6. The highest BCUT2D eigenvalue weighted by atomic mass is 32.1. The summed E-state index contributed by atoms with van der Waals surface area (Å²) in [6.45, 7) is 1.75. The van der Waals surface area contributed by atoms with Crippen LogP contribution in [0.2, 0.25) is 0 Å². The number of carbonyl (C=O) groups is 1. The van der Waals surface area contributed by atoms with Crippen LogP contribution >= 0.6 is 11.3 Å². The molecule has 0 aliphatic rings. The Morgan fingerprint density at radius 3 is 3.17 bits per heavy atom. The minimum Gasteiger partial charge on any atom is -0.338 e. The lowest BCUT2D eigenvalue weighted by molar-refractivity contribution is 0.0952. The van der Waals surface area contributed by atoms with Gasteiger partial charge in [0, 0.05) is 0 Å². The standard InChI is InChI=1S/C8H8N2OS/c1-3-6(2)10-8(11)7-4-9-5-12-7/h1,4-6H,2H3,(H,10,11). The summed E-state index contributed by atoms with van der Waals surface area (Å²) < 4.78 is 0. The van der Waals surface area contributed by atoms with Gasteiger partial charge in [-0.2, -0.15) is 0 Å². The molecule has 1 amide bonds. The minimum atomic E-state index is -0.236. The van der Waals surface area contributed by atoms with Crippen molar-refractivity contribution in [2.75, 3.05) is 0 Å². The highest BCUT2D eigenvalue weighted by Crippen LogP contribution is 2.04. The van der Waals surface area contributed by atoms with Gasteiger partial charge in [-0.15, -0.1) is 17.8 Å². The highest BCUT2D eigenvalue weighted by Gasteiger charge is 2.08. The molecule has 0 spiro atoms. The monoisotopic (exact) mass is 180 g/mol. The van der Waals surface area contributed by atoms with Crippen LogP contribution in [-0.4, -0.2) is 16.9 Å². The lowest BCUT2D eigenvalue weighted by atomic mass is 10.3. The van der Waals surface area contributed by atoms with Gasteiger partial charge in [0.1, 0.15) is 4.88 Å². The predicted molar refractivity (Wildman–Crippen MR) is 47.9 cm³/mol. The zero-order valence-electron chi connectivity index (χ0n) is 6.57. The molecule has 62 valence electrons. The van der Waals surface area contributed by atoms with Crippen molar-refractivity contribution in [1.29, 1.82) is 0 Å². The molecule has 0 saturated carbocycles. The van der Waals surface area contributed by atoms with Crippen LogP contribution in [0.3, 0.4) is 0 Å². The van der Waals surface area contributed by atoms with Gasteiger partial charge in [-0.05, 0) is 6.92 Å². The number of terminal acetylenes is 1. The summed E-state index contributed by atoms with van der Waals surface area (Å²) in [5.74, 6) is 2.25. The van der Waals surface area contributed by atoms with Gasteiger partial charge in [-0.25, -0.2) is 0 Å². The van der Waals surface area contributed by atoms with Gasteiger partial charge < -0.3 is 5.32 Å². The van der Waals surface area contributed by atoms with Gasteiger partial charge in [0.2, 0.25) is 0 Å². The SMILES string of the molecule is C#CC(C)NC(=O)c1cncs1. The van der Waals surface area contributed by atoms with E-state index in [-0.39, 0.29) is 11.9 Å². The maximum absolute atomic E-state index is 11.2. The predicted octanol–water partition coefficient (Wildman–Crippen LogP) is 0.895. The average molecular weight is 180 g/mol. The second kappa shape index (κ2) is 3.88. The van der Waals surface area contributed by atoms with E-state index in [2.05, 4.69) is 16.2 Å². The Morgan fingerprint density at radius 1 is 1.92 bits per heavy atom. The number of nitrogens with zero attached hydrogens (tertiary/aromatic N) is 1. The fraction of sp³-hybridized carbons (Fsp3) is 0.250. The summed E-state index contributed by atoms with van der Waals surface area (Å²) in [6, 6.07) is -0.236. The van der Waals surface area contributed by atoms with E-state index in [1.165, 1.54) is 17.5 Å². The lowest BCUT2D eigenvalue weighted by Gasteiger charge is -2.04. The van der Waals surface area contributed by atoms with Crippen LogP contribution in [-0.2, 0) is 0 Å². The molecule has 0 bridgehead atoms. The third-order valence-electron chi connectivity index (χ3n) is 1.25. The van der Waals surface area contributed by atoms with Crippen molar-refractivity contribution in [2.24, 2.45) is 0 Å². The number of nitrogens with one attached hydrogen (secondary N) is 1. The number of hydrogen-bond acceptors (Lipinski definition) is 3. The van der Waals surface area contributed by atoms with Crippen LogP contribution in [0.5, 0.6) is 0 Å². The molecule has 0 aliphatic carbocycles. The molecule has 0 aliphatic heterocycles. The molecule has 0 fully saturated rings. The average Bonchev–Trinajstić information content (AvgIpc) is 2.56. The minimum absolute atomic E-state index is 0.164. The van der Waals surface area contributed by atoms with Crippen molar-refractivity contribution in [1.82, 2.24) is 10.3 Å². The fourth-order valence-corrected chi connectivity index (χ4v) is 1.16. The summed E-state index contributed by atoms with van der Waals surface area (Å²) in [6.07, 6.45) is 6.61. The van der Waals surface area contributed by atoms with E-state index in [9.17, 15) is 4.79 Å². The summed E-state index contributed by atoms with van der Waals surface area (Å²) in [7, 11) is 0. The third kappa shape index (κ3) is 2.07. The molecule has 1 unspecified atom stereocenters. The zero-order chi connectivity index (χ0) is 8.97. The van der Waals surface area contributed by atoms with Crippen molar-refractivity contribution in [3.05, 3.63) is 16.6 Å². The van der Waals surface area contributed by atoms with Gasteiger partial charge in [-0.3, -0.25) is 9.78 Å². The summed E-state index contributed by atoms with van der Waals surface area (Å²) >= 11 is 1.29. The Labute approximate surface area is 74.8 Å². The molecule has 12 heavy (non-hydrogen) atoms. The molecule has 1 atom stereocenters. The summed E-state index contributed by atoms with van der Waals surface area (Å²) in [5, 5.41) is 2.63. The van der Waals surface area contributed by atoms with E-state index < -0.39 is 0 Å². The van der Waals surface area contributed by atoms with E-state index in [0.29, 0.717) is 4.88 Å². The normalized spacial score (nSPS) is 11.7. The molecular weight excluding hydrogens is 172 g/mol. The smallest absolute Gasteiger partial charge is 0.263 e.